The third-order valence-corrected chi connectivity index (χ3v) is 3.73. The first-order valence-corrected chi connectivity index (χ1v) is 7.23. The predicted molar refractivity (Wildman–Crippen MR) is 85.3 cm³/mol. The second-order valence-electron chi connectivity index (χ2n) is 4.49. The van der Waals surface area contributed by atoms with Crippen molar-refractivity contribution in [3.8, 4) is 5.75 Å². The third-order valence-electron chi connectivity index (χ3n) is 2.93. The lowest BCUT2D eigenvalue weighted by molar-refractivity contribution is -0.122. The summed E-state index contributed by atoms with van der Waals surface area (Å²) in [5, 5.41) is 12.5. The zero-order valence-electron chi connectivity index (χ0n) is 11.7. The van der Waals surface area contributed by atoms with E-state index in [2.05, 4.69) is 10.3 Å². The smallest absolute Gasteiger partial charge is 0.265 e. The number of hydrogen-bond acceptors (Lipinski definition) is 4. The summed E-state index contributed by atoms with van der Waals surface area (Å²) in [6.45, 7) is 1.38. The van der Waals surface area contributed by atoms with Gasteiger partial charge in [0.1, 0.15) is 10.8 Å². The van der Waals surface area contributed by atoms with Gasteiger partial charge in [0.15, 0.2) is 6.10 Å². The van der Waals surface area contributed by atoms with Crippen LogP contribution in [0.2, 0.25) is 10.0 Å². The molecule has 1 aromatic carbocycles. The van der Waals surface area contributed by atoms with Gasteiger partial charge in [-0.15, -0.1) is 0 Å². The van der Waals surface area contributed by atoms with Gasteiger partial charge in [0.2, 0.25) is 0 Å². The number of carbonyl (C=O) groups excluding carboxylic acids is 1. The van der Waals surface area contributed by atoms with Crippen molar-refractivity contribution < 1.29 is 14.6 Å². The fourth-order valence-electron chi connectivity index (χ4n) is 1.73. The van der Waals surface area contributed by atoms with Crippen LogP contribution in [0.5, 0.6) is 5.75 Å². The first-order chi connectivity index (χ1) is 10.5. The van der Waals surface area contributed by atoms with Gasteiger partial charge in [-0.2, -0.15) is 0 Å². The molecule has 0 aliphatic rings. The largest absolute Gasteiger partial charge is 0.479 e. The Morgan fingerprint density at radius 1 is 1.41 bits per heavy atom. The third kappa shape index (κ3) is 3.88. The molecule has 1 heterocycles. The summed E-state index contributed by atoms with van der Waals surface area (Å²) in [7, 11) is 0. The number of aromatic nitrogens is 1. The lowest BCUT2D eigenvalue weighted by Crippen LogP contribution is -2.30. The van der Waals surface area contributed by atoms with Crippen LogP contribution in [0.25, 0.3) is 0 Å². The summed E-state index contributed by atoms with van der Waals surface area (Å²) in [5.41, 5.74) is 0.999. The van der Waals surface area contributed by atoms with E-state index >= 15 is 0 Å². The van der Waals surface area contributed by atoms with Crippen molar-refractivity contribution in [2.45, 2.75) is 19.6 Å². The quantitative estimate of drug-likeness (QED) is 0.875. The van der Waals surface area contributed by atoms with Crippen LogP contribution < -0.4 is 10.1 Å². The Kier molecular flexibility index (Phi) is 5.60. The van der Waals surface area contributed by atoms with Crippen LogP contribution in [0.4, 0.5) is 5.69 Å². The Morgan fingerprint density at radius 2 is 2.18 bits per heavy atom. The number of carbonyl (C=O) groups is 1. The molecule has 1 amide bonds. The van der Waals surface area contributed by atoms with E-state index in [0.29, 0.717) is 22.0 Å². The SMILES string of the molecule is CC(Oc1cccc(Cl)c1Cl)C(=O)Nc1cnccc1CO. The van der Waals surface area contributed by atoms with Crippen molar-refractivity contribution in [2.75, 3.05) is 5.32 Å². The molecule has 1 unspecified atom stereocenters. The van der Waals surface area contributed by atoms with Crippen LogP contribution in [0.1, 0.15) is 12.5 Å². The topological polar surface area (TPSA) is 71.5 Å². The molecule has 116 valence electrons. The van der Waals surface area contributed by atoms with E-state index < -0.39 is 12.0 Å². The molecule has 0 saturated heterocycles. The van der Waals surface area contributed by atoms with Gasteiger partial charge in [0, 0.05) is 11.8 Å². The average Bonchev–Trinajstić information content (AvgIpc) is 2.52. The normalized spacial score (nSPS) is 11.8. The Hall–Kier alpha value is -1.82. The monoisotopic (exact) mass is 340 g/mol. The maximum Gasteiger partial charge on any atom is 0.265 e. The van der Waals surface area contributed by atoms with E-state index in [1.165, 1.54) is 12.4 Å². The van der Waals surface area contributed by atoms with E-state index in [9.17, 15) is 9.90 Å². The van der Waals surface area contributed by atoms with E-state index in [4.69, 9.17) is 27.9 Å². The number of nitrogens with zero attached hydrogens (tertiary/aromatic N) is 1. The molecule has 0 bridgehead atoms. The standard InChI is InChI=1S/C15H14Cl2N2O3/c1-9(22-13-4-2-3-11(16)14(13)17)15(21)19-12-7-18-6-5-10(12)8-20/h2-7,9,20H,8H2,1H3,(H,19,21). The zero-order valence-corrected chi connectivity index (χ0v) is 13.2. The van der Waals surface area contributed by atoms with Crippen molar-refractivity contribution in [3.05, 3.63) is 52.3 Å². The van der Waals surface area contributed by atoms with Crippen molar-refractivity contribution in [1.82, 2.24) is 4.98 Å². The maximum absolute atomic E-state index is 12.2. The summed E-state index contributed by atoms with van der Waals surface area (Å²) in [5.74, 6) is -0.0656. The van der Waals surface area contributed by atoms with Crippen LogP contribution >= 0.6 is 23.2 Å². The van der Waals surface area contributed by atoms with Crippen LogP contribution in [0.15, 0.2) is 36.7 Å². The second-order valence-corrected chi connectivity index (χ2v) is 5.28. The van der Waals surface area contributed by atoms with Crippen LogP contribution in [-0.2, 0) is 11.4 Å². The van der Waals surface area contributed by atoms with Gasteiger partial charge in [-0.1, -0.05) is 29.3 Å². The molecule has 0 saturated carbocycles. The fraction of sp³-hybridized carbons (Fsp3) is 0.200. The number of aliphatic hydroxyl groups excluding tert-OH is 1. The van der Waals surface area contributed by atoms with Crippen LogP contribution in [0.3, 0.4) is 0 Å². The molecule has 0 radical (unpaired) electrons. The minimum absolute atomic E-state index is 0.201. The van der Waals surface area contributed by atoms with Crippen LogP contribution in [-0.4, -0.2) is 22.1 Å². The summed E-state index contributed by atoms with van der Waals surface area (Å²) in [6.07, 6.45) is 2.19. The van der Waals surface area contributed by atoms with E-state index in [-0.39, 0.29) is 11.6 Å². The van der Waals surface area contributed by atoms with Crippen molar-refractivity contribution in [3.63, 3.8) is 0 Å². The minimum atomic E-state index is -0.803. The molecule has 0 fully saturated rings. The fourth-order valence-corrected chi connectivity index (χ4v) is 2.06. The maximum atomic E-state index is 12.2. The molecule has 5 nitrogen and oxygen atoms in total. The number of ether oxygens (including phenoxy) is 1. The molecular formula is C15H14Cl2N2O3. The number of amides is 1. The average molecular weight is 341 g/mol. The lowest BCUT2D eigenvalue weighted by atomic mass is 10.2. The van der Waals surface area contributed by atoms with Gasteiger partial charge in [0.05, 0.1) is 23.5 Å². The number of hydrogen-bond donors (Lipinski definition) is 2. The number of nitrogens with one attached hydrogen (secondary N) is 1. The molecule has 2 aromatic rings. The van der Waals surface area contributed by atoms with E-state index in [1.807, 2.05) is 0 Å². The molecule has 1 atom stereocenters. The number of halogens is 2. The Labute approximate surface area is 137 Å². The van der Waals surface area contributed by atoms with Gasteiger partial charge in [-0.25, -0.2) is 0 Å². The molecular weight excluding hydrogens is 327 g/mol. The van der Waals surface area contributed by atoms with Crippen molar-refractivity contribution >= 4 is 34.8 Å². The number of pyridine rings is 1. The molecule has 0 aliphatic carbocycles. The van der Waals surface area contributed by atoms with Crippen LogP contribution in [0, 0.1) is 0 Å². The van der Waals surface area contributed by atoms with Crippen molar-refractivity contribution in [2.24, 2.45) is 0 Å². The molecule has 0 aliphatic heterocycles. The highest BCUT2D eigenvalue weighted by Crippen LogP contribution is 2.32. The van der Waals surface area contributed by atoms with Gasteiger partial charge >= 0.3 is 0 Å². The van der Waals surface area contributed by atoms with Gasteiger partial charge < -0.3 is 15.2 Å². The summed E-state index contributed by atoms with van der Waals surface area (Å²) in [4.78, 5) is 16.1. The summed E-state index contributed by atoms with van der Waals surface area (Å²) >= 11 is 11.9. The number of benzene rings is 1. The molecule has 1 aromatic heterocycles. The lowest BCUT2D eigenvalue weighted by Gasteiger charge is -2.16. The molecule has 2 rings (SSSR count). The van der Waals surface area contributed by atoms with E-state index in [1.54, 1.807) is 31.2 Å². The van der Waals surface area contributed by atoms with Gasteiger partial charge in [0.25, 0.3) is 5.91 Å². The highest BCUT2D eigenvalue weighted by Gasteiger charge is 2.18. The van der Waals surface area contributed by atoms with Crippen molar-refractivity contribution in [1.29, 1.82) is 0 Å². The Bertz CT molecular complexity index is 680. The number of anilines is 1. The Balaban J connectivity index is 2.08. The molecule has 7 heteroatoms. The summed E-state index contributed by atoms with van der Waals surface area (Å²) in [6, 6.07) is 6.56. The summed E-state index contributed by atoms with van der Waals surface area (Å²) < 4.78 is 5.52. The molecule has 22 heavy (non-hydrogen) atoms. The predicted octanol–water partition coefficient (Wildman–Crippen LogP) is 3.29. The number of aliphatic hydroxyl groups is 1. The molecule has 2 N–H and O–H groups in total. The minimum Gasteiger partial charge on any atom is -0.479 e. The van der Waals surface area contributed by atoms with E-state index in [0.717, 1.165) is 0 Å². The van der Waals surface area contributed by atoms with Gasteiger partial charge in [-0.05, 0) is 25.1 Å². The highest BCUT2D eigenvalue weighted by molar-refractivity contribution is 6.42. The number of rotatable bonds is 5. The molecule has 0 spiro atoms. The first kappa shape index (κ1) is 16.5. The second kappa shape index (κ2) is 7.45. The zero-order chi connectivity index (χ0) is 16.1. The Morgan fingerprint density at radius 3 is 2.91 bits per heavy atom. The van der Waals surface area contributed by atoms with Gasteiger partial charge in [-0.3, -0.25) is 9.78 Å². The highest BCUT2D eigenvalue weighted by atomic mass is 35.5. The first-order valence-electron chi connectivity index (χ1n) is 6.48.